The van der Waals surface area contributed by atoms with Crippen molar-refractivity contribution in [3.8, 4) is 0 Å². The Morgan fingerprint density at radius 3 is 2.50 bits per heavy atom. The molecule has 0 fully saturated rings. The summed E-state index contributed by atoms with van der Waals surface area (Å²) in [5.41, 5.74) is 3.29. The number of hydrogen-bond donors (Lipinski definition) is 1. The molecule has 0 aliphatic carbocycles. The molecule has 8 nitrogen and oxygen atoms in total. The first-order chi connectivity index (χ1) is 17.3. The van der Waals surface area contributed by atoms with Gasteiger partial charge in [-0.25, -0.2) is 4.68 Å². The molecular weight excluding hydrogens is 452 g/mol. The van der Waals surface area contributed by atoms with E-state index in [0.29, 0.717) is 23.2 Å². The highest BCUT2D eigenvalue weighted by Crippen LogP contribution is 2.32. The lowest BCUT2D eigenvalue weighted by molar-refractivity contribution is -0.128. The van der Waals surface area contributed by atoms with Crippen LogP contribution in [-0.2, 0) is 22.6 Å². The van der Waals surface area contributed by atoms with Crippen molar-refractivity contribution in [2.45, 2.75) is 58.7 Å². The minimum atomic E-state index is -0.917. The lowest BCUT2D eigenvalue weighted by atomic mass is 9.98. The smallest absolute Gasteiger partial charge is 0.249 e. The maximum atomic E-state index is 14.1. The van der Waals surface area contributed by atoms with E-state index in [4.69, 9.17) is 0 Å². The summed E-state index contributed by atoms with van der Waals surface area (Å²) in [4.78, 5) is 33.8. The lowest BCUT2D eigenvalue weighted by Crippen LogP contribution is -2.51. The fraction of sp³-hybridized carbons (Fsp3) is 0.321. The minimum absolute atomic E-state index is 0.0697. The number of rotatable bonds is 9. The fourth-order valence-corrected chi connectivity index (χ4v) is 4.15. The van der Waals surface area contributed by atoms with Crippen molar-refractivity contribution in [1.29, 1.82) is 0 Å². The molecule has 0 bridgehead atoms. The van der Waals surface area contributed by atoms with Crippen LogP contribution in [0.4, 0.5) is 5.69 Å². The van der Waals surface area contributed by atoms with Gasteiger partial charge in [0.05, 0.1) is 5.52 Å². The minimum Gasteiger partial charge on any atom is -0.349 e. The first-order valence-corrected chi connectivity index (χ1v) is 12.2. The predicted octanol–water partition coefficient (Wildman–Crippen LogP) is 4.47. The van der Waals surface area contributed by atoms with E-state index in [0.717, 1.165) is 17.5 Å². The summed E-state index contributed by atoms with van der Waals surface area (Å²) in [6.45, 7) is 7.92. The van der Waals surface area contributed by atoms with Crippen molar-refractivity contribution >= 4 is 28.5 Å². The summed E-state index contributed by atoms with van der Waals surface area (Å²) in [6.07, 6.45) is 4.74. The molecule has 0 aliphatic heterocycles. The molecular formula is C28H32N6O2. The number of hydrogen-bond acceptors (Lipinski definition) is 5. The first kappa shape index (κ1) is 25.0. The van der Waals surface area contributed by atoms with Crippen molar-refractivity contribution in [3.63, 3.8) is 0 Å². The molecule has 2 aromatic carbocycles. The summed E-state index contributed by atoms with van der Waals surface area (Å²) in [7, 11) is 0. The van der Waals surface area contributed by atoms with E-state index >= 15 is 0 Å². The maximum Gasteiger partial charge on any atom is 0.249 e. The average molecular weight is 485 g/mol. The van der Waals surface area contributed by atoms with Crippen LogP contribution in [0.3, 0.4) is 0 Å². The Kier molecular flexibility index (Phi) is 7.43. The molecule has 2 amide bonds. The van der Waals surface area contributed by atoms with E-state index in [2.05, 4.69) is 20.6 Å². The number of fused-ring (bicyclic) bond motifs is 1. The van der Waals surface area contributed by atoms with Gasteiger partial charge in [0, 0.05) is 29.2 Å². The molecule has 2 heterocycles. The van der Waals surface area contributed by atoms with Gasteiger partial charge in [0.15, 0.2) is 0 Å². The molecule has 1 N–H and O–H groups in total. The normalized spacial score (nSPS) is 12.3. The van der Waals surface area contributed by atoms with Gasteiger partial charge in [-0.2, -0.15) is 0 Å². The van der Waals surface area contributed by atoms with Crippen LogP contribution in [0, 0.1) is 0 Å². The van der Waals surface area contributed by atoms with Gasteiger partial charge in [-0.15, -0.1) is 5.10 Å². The van der Waals surface area contributed by atoms with E-state index < -0.39 is 11.6 Å². The van der Waals surface area contributed by atoms with Crippen LogP contribution in [0.5, 0.6) is 0 Å². The Bertz CT molecular complexity index is 1350. The standard InChI is InChI=1S/C28H32N6O2/c1-5-20-12-7-9-15-23(20)34(25(35)19-33-24-16-10-8-14-22(24)31-32-33)26(21-13-11-17-29-18-21)27(36)30-28(3,4)6-2/h7-18,26H,5-6,19H2,1-4H3,(H,30,36)/t26-/m0/s1. The van der Waals surface area contributed by atoms with Crippen LogP contribution in [0.2, 0.25) is 0 Å². The molecule has 1 atom stereocenters. The zero-order valence-corrected chi connectivity index (χ0v) is 21.2. The zero-order valence-electron chi connectivity index (χ0n) is 21.2. The SMILES string of the molecule is CCc1ccccc1N(C(=O)Cn1nnc2ccccc21)[C@H](C(=O)NC(C)(C)CC)c1cccnc1. The number of anilines is 1. The Hall–Kier alpha value is -4.07. The third kappa shape index (κ3) is 5.27. The Balaban J connectivity index is 1.84. The molecule has 2 aromatic heterocycles. The molecule has 186 valence electrons. The number of carbonyl (C=O) groups excluding carboxylic acids is 2. The summed E-state index contributed by atoms with van der Waals surface area (Å²) < 4.78 is 1.58. The van der Waals surface area contributed by atoms with Crippen LogP contribution >= 0.6 is 0 Å². The highest BCUT2D eigenvalue weighted by molar-refractivity contribution is 6.02. The number of aromatic nitrogens is 4. The van der Waals surface area contributed by atoms with Gasteiger partial charge in [0.25, 0.3) is 0 Å². The monoisotopic (exact) mass is 484 g/mol. The predicted molar refractivity (Wildman–Crippen MR) is 140 cm³/mol. The van der Waals surface area contributed by atoms with Gasteiger partial charge in [-0.3, -0.25) is 19.5 Å². The Labute approximate surface area is 211 Å². The molecule has 0 unspecified atom stereocenters. The number of nitrogens with zero attached hydrogens (tertiary/aromatic N) is 5. The zero-order chi connectivity index (χ0) is 25.7. The Morgan fingerprint density at radius 1 is 1.03 bits per heavy atom. The van der Waals surface area contributed by atoms with Crippen molar-refractivity contribution in [2.75, 3.05) is 4.90 Å². The number of amides is 2. The van der Waals surface area contributed by atoms with Gasteiger partial charge < -0.3 is 5.32 Å². The first-order valence-electron chi connectivity index (χ1n) is 12.2. The fourth-order valence-electron chi connectivity index (χ4n) is 4.15. The second-order valence-electron chi connectivity index (χ2n) is 9.40. The number of benzene rings is 2. The van der Waals surface area contributed by atoms with Crippen LogP contribution in [0.1, 0.15) is 51.3 Å². The van der Waals surface area contributed by atoms with Gasteiger partial charge in [-0.05, 0) is 56.5 Å². The van der Waals surface area contributed by atoms with Crippen molar-refractivity contribution < 1.29 is 9.59 Å². The molecule has 0 aliphatic rings. The van der Waals surface area contributed by atoms with E-state index in [9.17, 15) is 9.59 Å². The number of pyridine rings is 1. The second kappa shape index (κ2) is 10.7. The largest absolute Gasteiger partial charge is 0.349 e. The summed E-state index contributed by atoms with van der Waals surface area (Å²) in [5, 5.41) is 11.5. The average Bonchev–Trinajstić information content (AvgIpc) is 3.30. The molecule has 4 rings (SSSR count). The highest BCUT2D eigenvalue weighted by Gasteiger charge is 2.36. The molecule has 0 saturated carbocycles. The van der Waals surface area contributed by atoms with Crippen LogP contribution in [-0.4, -0.2) is 37.3 Å². The number of nitrogens with one attached hydrogen (secondary N) is 1. The summed E-state index contributed by atoms with van der Waals surface area (Å²) >= 11 is 0. The van der Waals surface area contributed by atoms with Gasteiger partial charge in [0.2, 0.25) is 11.8 Å². The molecule has 8 heteroatoms. The maximum absolute atomic E-state index is 14.1. The number of aryl methyl sites for hydroxylation is 1. The highest BCUT2D eigenvalue weighted by atomic mass is 16.2. The van der Waals surface area contributed by atoms with Crippen LogP contribution < -0.4 is 10.2 Å². The Morgan fingerprint density at radius 2 is 1.78 bits per heavy atom. The van der Waals surface area contributed by atoms with Crippen LogP contribution in [0.15, 0.2) is 73.1 Å². The molecule has 4 aromatic rings. The van der Waals surface area contributed by atoms with E-state index in [-0.39, 0.29) is 18.4 Å². The second-order valence-corrected chi connectivity index (χ2v) is 9.40. The molecule has 0 saturated heterocycles. The topological polar surface area (TPSA) is 93.0 Å². The van der Waals surface area contributed by atoms with Crippen molar-refractivity contribution in [3.05, 3.63) is 84.2 Å². The third-order valence-electron chi connectivity index (χ3n) is 6.46. The molecule has 0 radical (unpaired) electrons. The van der Waals surface area contributed by atoms with Crippen molar-refractivity contribution in [1.82, 2.24) is 25.3 Å². The van der Waals surface area contributed by atoms with Crippen molar-refractivity contribution in [2.24, 2.45) is 0 Å². The van der Waals surface area contributed by atoms with E-state index in [1.807, 2.05) is 82.3 Å². The number of carbonyl (C=O) groups is 2. The molecule has 0 spiro atoms. The van der Waals surface area contributed by atoms with Gasteiger partial charge in [-0.1, -0.05) is 55.5 Å². The lowest BCUT2D eigenvalue weighted by Gasteiger charge is -2.35. The van der Waals surface area contributed by atoms with Gasteiger partial charge >= 0.3 is 0 Å². The quantitative estimate of drug-likeness (QED) is 0.378. The third-order valence-corrected chi connectivity index (χ3v) is 6.46. The summed E-state index contributed by atoms with van der Waals surface area (Å²) in [6, 6.07) is 17.9. The van der Waals surface area contributed by atoms with E-state index in [1.165, 1.54) is 0 Å². The van der Waals surface area contributed by atoms with Gasteiger partial charge in [0.1, 0.15) is 18.1 Å². The van der Waals surface area contributed by atoms with E-state index in [1.54, 1.807) is 28.0 Å². The van der Waals surface area contributed by atoms with Crippen LogP contribution in [0.25, 0.3) is 11.0 Å². The molecule has 36 heavy (non-hydrogen) atoms. The number of para-hydroxylation sites is 2. The summed E-state index contributed by atoms with van der Waals surface area (Å²) in [5.74, 6) is -0.539.